The minimum Gasteiger partial charge on any atom is -0.376 e. The lowest BCUT2D eigenvalue weighted by Gasteiger charge is -2.26. The van der Waals surface area contributed by atoms with Crippen LogP contribution in [0.4, 0.5) is 0 Å². The molecule has 0 aromatic carbocycles. The molecule has 0 spiro atoms. The fraction of sp³-hybridized carbons (Fsp3) is 0.857. The van der Waals surface area contributed by atoms with Crippen molar-refractivity contribution < 1.29 is 14.3 Å². The predicted octanol–water partition coefficient (Wildman–Crippen LogP) is 0.540. The number of hydrogen-bond acceptors (Lipinski definition) is 3. The van der Waals surface area contributed by atoms with Gasteiger partial charge in [-0.2, -0.15) is 0 Å². The third-order valence-corrected chi connectivity index (χ3v) is 4.34. The summed E-state index contributed by atoms with van der Waals surface area (Å²) in [6, 6.07) is 0. The van der Waals surface area contributed by atoms with Gasteiger partial charge in [0.05, 0.1) is 12.0 Å². The van der Waals surface area contributed by atoms with Crippen molar-refractivity contribution in [3.8, 4) is 0 Å². The van der Waals surface area contributed by atoms with Crippen LogP contribution in [0.2, 0.25) is 0 Å². The Morgan fingerprint density at radius 3 is 2.84 bits per heavy atom. The third kappa shape index (κ3) is 3.26. The van der Waals surface area contributed by atoms with Crippen molar-refractivity contribution in [3.05, 3.63) is 0 Å². The van der Waals surface area contributed by atoms with Gasteiger partial charge in [-0.25, -0.2) is 0 Å². The number of ether oxygens (including phenoxy) is 1. The molecule has 5 nitrogen and oxygen atoms in total. The van der Waals surface area contributed by atoms with Crippen molar-refractivity contribution in [2.75, 3.05) is 26.2 Å². The fourth-order valence-electron chi connectivity index (χ4n) is 2.82. The van der Waals surface area contributed by atoms with Crippen LogP contribution in [-0.4, -0.2) is 49.1 Å². The highest BCUT2D eigenvalue weighted by atomic mass is 16.5. The van der Waals surface area contributed by atoms with Crippen LogP contribution in [0.15, 0.2) is 0 Å². The summed E-state index contributed by atoms with van der Waals surface area (Å²) in [5, 5.41) is 2.78. The van der Waals surface area contributed by atoms with Crippen LogP contribution in [0.25, 0.3) is 0 Å². The molecule has 1 N–H and O–H groups in total. The van der Waals surface area contributed by atoms with Gasteiger partial charge in [0.1, 0.15) is 0 Å². The summed E-state index contributed by atoms with van der Waals surface area (Å²) in [6.07, 6.45) is 4.95. The smallest absolute Gasteiger partial charge is 0.227 e. The number of nitrogens with zero attached hydrogens (tertiary/aromatic N) is 1. The van der Waals surface area contributed by atoms with Crippen molar-refractivity contribution in [2.45, 2.75) is 38.2 Å². The number of amides is 2. The monoisotopic (exact) mass is 266 g/mol. The maximum absolute atomic E-state index is 12.3. The van der Waals surface area contributed by atoms with Gasteiger partial charge in [0, 0.05) is 32.7 Å². The van der Waals surface area contributed by atoms with Crippen molar-refractivity contribution in [2.24, 2.45) is 11.8 Å². The predicted molar refractivity (Wildman–Crippen MR) is 69.4 cm³/mol. The van der Waals surface area contributed by atoms with Crippen LogP contribution in [0.5, 0.6) is 0 Å². The van der Waals surface area contributed by atoms with E-state index < -0.39 is 0 Å². The third-order valence-electron chi connectivity index (χ3n) is 4.34. The quantitative estimate of drug-likeness (QED) is 0.808. The minimum absolute atomic E-state index is 0.0279. The Morgan fingerprint density at radius 1 is 1.32 bits per heavy atom. The average molecular weight is 266 g/mol. The van der Waals surface area contributed by atoms with Gasteiger partial charge < -0.3 is 15.0 Å². The normalized spacial score (nSPS) is 31.4. The second kappa shape index (κ2) is 5.49. The van der Waals surface area contributed by atoms with E-state index in [0.29, 0.717) is 19.4 Å². The van der Waals surface area contributed by atoms with Gasteiger partial charge in [0.15, 0.2) is 0 Å². The zero-order chi connectivity index (χ0) is 13.2. The van der Waals surface area contributed by atoms with E-state index in [1.165, 1.54) is 12.8 Å². The SMILES string of the molecule is O=C1CCC(C(=O)N2CCC(OCC3CC3)C2)CN1. The van der Waals surface area contributed by atoms with Gasteiger partial charge in [0.2, 0.25) is 11.8 Å². The molecule has 3 rings (SSSR count). The van der Waals surface area contributed by atoms with E-state index in [1.807, 2.05) is 4.90 Å². The van der Waals surface area contributed by atoms with Gasteiger partial charge in [-0.3, -0.25) is 9.59 Å². The second-order valence-electron chi connectivity index (χ2n) is 6.01. The molecule has 0 aromatic heterocycles. The zero-order valence-corrected chi connectivity index (χ0v) is 11.3. The van der Waals surface area contributed by atoms with E-state index in [2.05, 4.69) is 5.32 Å². The van der Waals surface area contributed by atoms with Crippen LogP contribution < -0.4 is 5.32 Å². The van der Waals surface area contributed by atoms with Crippen LogP contribution in [0.3, 0.4) is 0 Å². The molecule has 2 heterocycles. The molecule has 2 unspecified atom stereocenters. The lowest BCUT2D eigenvalue weighted by molar-refractivity contribution is -0.137. The van der Waals surface area contributed by atoms with E-state index in [0.717, 1.165) is 32.0 Å². The Hall–Kier alpha value is -1.10. The van der Waals surface area contributed by atoms with E-state index in [-0.39, 0.29) is 23.8 Å². The summed E-state index contributed by atoms with van der Waals surface area (Å²) in [7, 11) is 0. The van der Waals surface area contributed by atoms with Crippen molar-refractivity contribution in [3.63, 3.8) is 0 Å². The lowest BCUT2D eigenvalue weighted by Crippen LogP contribution is -2.44. The van der Waals surface area contributed by atoms with Gasteiger partial charge in [0.25, 0.3) is 0 Å². The van der Waals surface area contributed by atoms with Gasteiger partial charge >= 0.3 is 0 Å². The maximum atomic E-state index is 12.3. The van der Waals surface area contributed by atoms with Crippen LogP contribution >= 0.6 is 0 Å². The largest absolute Gasteiger partial charge is 0.376 e. The summed E-state index contributed by atoms with van der Waals surface area (Å²) in [5.74, 6) is 1.01. The van der Waals surface area contributed by atoms with Gasteiger partial charge in [-0.15, -0.1) is 0 Å². The number of rotatable bonds is 4. The first-order valence-corrected chi connectivity index (χ1v) is 7.39. The molecule has 2 atom stereocenters. The Balaban J connectivity index is 1.44. The van der Waals surface area contributed by atoms with E-state index in [4.69, 9.17) is 4.74 Å². The molecule has 3 fully saturated rings. The van der Waals surface area contributed by atoms with Crippen molar-refractivity contribution in [1.82, 2.24) is 10.2 Å². The summed E-state index contributed by atoms with van der Waals surface area (Å²) in [5.41, 5.74) is 0. The summed E-state index contributed by atoms with van der Waals surface area (Å²) >= 11 is 0. The highest BCUT2D eigenvalue weighted by Gasteiger charge is 2.33. The molecule has 106 valence electrons. The first-order valence-electron chi connectivity index (χ1n) is 7.39. The first kappa shape index (κ1) is 12.9. The molecule has 0 bridgehead atoms. The second-order valence-corrected chi connectivity index (χ2v) is 6.01. The van der Waals surface area contributed by atoms with Crippen molar-refractivity contribution in [1.29, 1.82) is 0 Å². The molecule has 19 heavy (non-hydrogen) atoms. The molecule has 0 radical (unpaired) electrons. The Kier molecular flexibility index (Phi) is 3.73. The molecule has 2 saturated heterocycles. The van der Waals surface area contributed by atoms with Gasteiger partial charge in [-0.05, 0) is 31.6 Å². The first-order chi connectivity index (χ1) is 9.22. The molecule has 5 heteroatoms. The highest BCUT2D eigenvalue weighted by Crippen LogP contribution is 2.30. The van der Waals surface area contributed by atoms with Crippen LogP contribution in [0, 0.1) is 11.8 Å². The summed E-state index contributed by atoms with van der Waals surface area (Å²) in [6.45, 7) is 2.91. The number of carbonyl (C=O) groups is 2. The number of hydrogen-bond donors (Lipinski definition) is 1. The van der Waals surface area contributed by atoms with E-state index >= 15 is 0 Å². The molecule has 2 amide bonds. The highest BCUT2D eigenvalue weighted by molar-refractivity contribution is 5.83. The number of likely N-dealkylation sites (tertiary alicyclic amines) is 1. The molecule has 0 aromatic rings. The maximum Gasteiger partial charge on any atom is 0.227 e. The standard InChI is InChI=1S/C14H22N2O3/c17-13-4-3-11(7-15-13)14(18)16-6-5-12(8-16)19-9-10-1-2-10/h10-12H,1-9H2,(H,15,17). The molecule has 1 saturated carbocycles. The number of nitrogens with one attached hydrogen (secondary N) is 1. The van der Waals surface area contributed by atoms with Crippen LogP contribution in [0.1, 0.15) is 32.1 Å². The summed E-state index contributed by atoms with van der Waals surface area (Å²) < 4.78 is 5.85. The molecule has 1 aliphatic carbocycles. The minimum atomic E-state index is -0.0279. The number of carbonyl (C=O) groups excluding carboxylic acids is 2. The topological polar surface area (TPSA) is 58.6 Å². The Morgan fingerprint density at radius 2 is 2.16 bits per heavy atom. The van der Waals surface area contributed by atoms with Crippen molar-refractivity contribution >= 4 is 11.8 Å². The van der Waals surface area contributed by atoms with Crippen LogP contribution in [-0.2, 0) is 14.3 Å². The Bertz CT molecular complexity index is 358. The molecular formula is C14H22N2O3. The molecular weight excluding hydrogens is 244 g/mol. The molecule has 3 aliphatic rings. The number of piperidine rings is 1. The summed E-state index contributed by atoms with van der Waals surface area (Å²) in [4.78, 5) is 25.3. The van der Waals surface area contributed by atoms with E-state index in [9.17, 15) is 9.59 Å². The lowest BCUT2D eigenvalue weighted by atomic mass is 9.98. The Labute approximate surface area is 113 Å². The van der Waals surface area contributed by atoms with Gasteiger partial charge in [-0.1, -0.05) is 0 Å². The van der Waals surface area contributed by atoms with E-state index in [1.54, 1.807) is 0 Å². The fourth-order valence-corrected chi connectivity index (χ4v) is 2.82. The zero-order valence-electron chi connectivity index (χ0n) is 11.3. The molecule has 2 aliphatic heterocycles. The average Bonchev–Trinajstić information content (AvgIpc) is 3.13.